The SMILES string of the molecule is Cc1cc(NC(=O)c2cccc(F)c2)sc1C(=O)Nc1ccc2c(c1)CCC2. The molecule has 0 saturated carbocycles. The normalized spacial score (nSPS) is 12.5. The van der Waals surface area contributed by atoms with Gasteiger partial charge in [0.25, 0.3) is 11.8 Å². The highest BCUT2D eigenvalue weighted by molar-refractivity contribution is 7.18. The predicted octanol–water partition coefficient (Wildman–Crippen LogP) is 5.19. The van der Waals surface area contributed by atoms with Crippen LogP contribution in [0.4, 0.5) is 15.1 Å². The molecule has 0 fully saturated rings. The molecule has 2 amide bonds. The second kappa shape index (κ2) is 7.56. The molecule has 4 rings (SSSR count). The quantitative estimate of drug-likeness (QED) is 0.640. The van der Waals surface area contributed by atoms with Crippen molar-refractivity contribution in [3.05, 3.63) is 81.5 Å². The number of halogens is 1. The highest BCUT2D eigenvalue weighted by Gasteiger charge is 2.17. The standard InChI is InChI=1S/C22H19FN2O2S/c1-13-10-19(25-21(26)16-6-3-7-17(23)11-16)28-20(13)22(27)24-18-9-8-14-4-2-5-15(14)12-18/h3,6-12H,2,4-5H2,1H3,(H,24,27)(H,25,26). The Labute approximate surface area is 166 Å². The van der Waals surface area contributed by atoms with Crippen molar-refractivity contribution < 1.29 is 14.0 Å². The van der Waals surface area contributed by atoms with Gasteiger partial charge < -0.3 is 10.6 Å². The average Bonchev–Trinajstić information content (AvgIpc) is 3.27. The van der Waals surface area contributed by atoms with Gasteiger partial charge in [0, 0.05) is 11.3 Å². The average molecular weight is 394 g/mol. The molecule has 2 aromatic carbocycles. The molecule has 142 valence electrons. The van der Waals surface area contributed by atoms with Crippen molar-refractivity contribution in [1.29, 1.82) is 0 Å². The van der Waals surface area contributed by atoms with Gasteiger partial charge in [-0.25, -0.2) is 4.39 Å². The van der Waals surface area contributed by atoms with E-state index in [1.165, 1.54) is 40.7 Å². The van der Waals surface area contributed by atoms with E-state index in [1.807, 2.05) is 19.1 Å². The fourth-order valence-corrected chi connectivity index (χ4v) is 4.38. The first-order chi connectivity index (χ1) is 13.5. The molecule has 0 unspecified atom stereocenters. The maximum absolute atomic E-state index is 13.3. The second-order valence-corrected chi connectivity index (χ2v) is 7.93. The van der Waals surface area contributed by atoms with Gasteiger partial charge in [-0.1, -0.05) is 12.1 Å². The number of carbonyl (C=O) groups excluding carboxylic acids is 2. The van der Waals surface area contributed by atoms with Crippen molar-refractivity contribution >= 4 is 33.8 Å². The van der Waals surface area contributed by atoms with Crippen LogP contribution in [0.1, 0.15) is 43.1 Å². The number of rotatable bonds is 4. The number of carbonyl (C=O) groups is 2. The fraction of sp³-hybridized carbons (Fsp3) is 0.182. The van der Waals surface area contributed by atoms with E-state index >= 15 is 0 Å². The van der Waals surface area contributed by atoms with Gasteiger partial charge in [0.2, 0.25) is 0 Å². The van der Waals surface area contributed by atoms with Crippen LogP contribution in [0.5, 0.6) is 0 Å². The maximum atomic E-state index is 13.3. The third kappa shape index (κ3) is 3.82. The van der Waals surface area contributed by atoms with Crippen molar-refractivity contribution in [2.45, 2.75) is 26.2 Å². The van der Waals surface area contributed by atoms with Crippen molar-refractivity contribution in [3.63, 3.8) is 0 Å². The van der Waals surface area contributed by atoms with Crippen LogP contribution in [0.25, 0.3) is 0 Å². The summed E-state index contributed by atoms with van der Waals surface area (Å²) in [5.74, 6) is -1.08. The molecule has 0 saturated heterocycles. The van der Waals surface area contributed by atoms with E-state index in [0.717, 1.165) is 30.5 Å². The molecular weight excluding hydrogens is 375 g/mol. The summed E-state index contributed by atoms with van der Waals surface area (Å²) in [6.07, 6.45) is 3.31. The van der Waals surface area contributed by atoms with Crippen LogP contribution >= 0.6 is 11.3 Å². The molecule has 0 spiro atoms. The molecule has 6 heteroatoms. The van der Waals surface area contributed by atoms with Crippen molar-refractivity contribution in [2.24, 2.45) is 0 Å². The van der Waals surface area contributed by atoms with Crippen LogP contribution in [0, 0.1) is 12.7 Å². The number of anilines is 2. The van der Waals surface area contributed by atoms with Gasteiger partial charge in [-0.05, 0) is 79.3 Å². The minimum Gasteiger partial charge on any atom is -0.321 e. The molecule has 28 heavy (non-hydrogen) atoms. The topological polar surface area (TPSA) is 58.2 Å². The van der Waals surface area contributed by atoms with Crippen molar-refractivity contribution in [1.82, 2.24) is 0 Å². The molecule has 3 aromatic rings. The Hall–Kier alpha value is -2.99. The highest BCUT2D eigenvalue weighted by Crippen LogP contribution is 2.29. The lowest BCUT2D eigenvalue weighted by Gasteiger charge is -2.07. The third-order valence-electron chi connectivity index (χ3n) is 4.80. The van der Waals surface area contributed by atoms with Crippen LogP contribution in [-0.2, 0) is 12.8 Å². The van der Waals surface area contributed by atoms with Gasteiger partial charge in [0.05, 0.1) is 9.88 Å². The summed E-state index contributed by atoms with van der Waals surface area (Å²) in [6.45, 7) is 1.83. The monoisotopic (exact) mass is 394 g/mol. The van der Waals surface area contributed by atoms with E-state index in [2.05, 4.69) is 16.7 Å². The van der Waals surface area contributed by atoms with Crippen molar-refractivity contribution in [3.8, 4) is 0 Å². The molecule has 1 aromatic heterocycles. The summed E-state index contributed by atoms with van der Waals surface area (Å²) < 4.78 is 13.3. The Morgan fingerprint density at radius 2 is 1.79 bits per heavy atom. The van der Waals surface area contributed by atoms with Crippen LogP contribution in [0.2, 0.25) is 0 Å². The lowest BCUT2D eigenvalue weighted by Crippen LogP contribution is -2.12. The largest absolute Gasteiger partial charge is 0.321 e. The molecule has 1 aliphatic carbocycles. The summed E-state index contributed by atoms with van der Waals surface area (Å²) in [5.41, 5.74) is 4.44. The van der Waals surface area contributed by atoms with E-state index in [4.69, 9.17) is 0 Å². The highest BCUT2D eigenvalue weighted by atomic mass is 32.1. The zero-order valence-corrected chi connectivity index (χ0v) is 16.2. The third-order valence-corrected chi connectivity index (χ3v) is 5.96. The number of benzene rings is 2. The zero-order valence-electron chi connectivity index (χ0n) is 15.3. The number of hydrogen-bond acceptors (Lipinski definition) is 3. The van der Waals surface area contributed by atoms with Crippen LogP contribution in [0.3, 0.4) is 0 Å². The Morgan fingerprint density at radius 1 is 0.964 bits per heavy atom. The molecule has 1 heterocycles. The summed E-state index contributed by atoms with van der Waals surface area (Å²) in [7, 11) is 0. The number of fused-ring (bicyclic) bond motifs is 1. The Bertz CT molecular complexity index is 1070. The first kappa shape index (κ1) is 18.4. The van der Waals surface area contributed by atoms with E-state index in [1.54, 1.807) is 12.1 Å². The van der Waals surface area contributed by atoms with Crippen LogP contribution in [-0.4, -0.2) is 11.8 Å². The molecule has 0 bridgehead atoms. The summed E-state index contributed by atoms with van der Waals surface area (Å²) in [5, 5.41) is 6.22. The van der Waals surface area contributed by atoms with E-state index < -0.39 is 11.7 Å². The Kier molecular flexibility index (Phi) is 4.96. The predicted molar refractivity (Wildman–Crippen MR) is 110 cm³/mol. The molecule has 0 aliphatic heterocycles. The molecule has 1 aliphatic rings. The summed E-state index contributed by atoms with van der Waals surface area (Å²) >= 11 is 1.20. The zero-order chi connectivity index (χ0) is 19.7. The van der Waals surface area contributed by atoms with E-state index in [9.17, 15) is 14.0 Å². The fourth-order valence-electron chi connectivity index (χ4n) is 3.42. The minimum absolute atomic E-state index is 0.202. The number of amides is 2. The molecule has 0 atom stereocenters. The van der Waals surface area contributed by atoms with Crippen LogP contribution < -0.4 is 10.6 Å². The molecule has 0 radical (unpaired) electrons. The van der Waals surface area contributed by atoms with Gasteiger partial charge in [-0.15, -0.1) is 11.3 Å². The van der Waals surface area contributed by atoms with Crippen molar-refractivity contribution in [2.75, 3.05) is 10.6 Å². The minimum atomic E-state index is -0.468. The van der Waals surface area contributed by atoms with Crippen LogP contribution in [0.15, 0.2) is 48.5 Å². The van der Waals surface area contributed by atoms with Gasteiger partial charge >= 0.3 is 0 Å². The lowest BCUT2D eigenvalue weighted by molar-refractivity contribution is 0.101. The number of thiophene rings is 1. The van der Waals surface area contributed by atoms with Gasteiger partial charge in [-0.2, -0.15) is 0 Å². The summed E-state index contributed by atoms with van der Waals surface area (Å²) in [6, 6.07) is 13.3. The Balaban J connectivity index is 1.47. The first-order valence-electron chi connectivity index (χ1n) is 9.10. The van der Waals surface area contributed by atoms with Gasteiger partial charge in [0.15, 0.2) is 0 Å². The Morgan fingerprint density at radius 3 is 2.61 bits per heavy atom. The number of aryl methyl sites for hydroxylation is 3. The summed E-state index contributed by atoms with van der Waals surface area (Å²) in [4.78, 5) is 25.5. The smallest absolute Gasteiger partial charge is 0.266 e. The molecular formula is C22H19FN2O2S. The first-order valence-corrected chi connectivity index (χ1v) is 9.92. The number of hydrogen-bond donors (Lipinski definition) is 2. The van der Waals surface area contributed by atoms with Gasteiger partial charge in [0.1, 0.15) is 5.82 Å². The molecule has 4 nitrogen and oxygen atoms in total. The number of nitrogens with one attached hydrogen (secondary N) is 2. The van der Waals surface area contributed by atoms with Gasteiger partial charge in [-0.3, -0.25) is 9.59 Å². The molecule has 2 N–H and O–H groups in total. The maximum Gasteiger partial charge on any atom is 0.266 e. The lowest BCUT2D eigenvalue weighted by atomic mass is 10.1. The van der Waals surface area contributed by atoms with E-state index in [0.29, 0.717) is 9.88 Å². The van der Waals surface area contributed by atoms with E-state index in [-0.39, 0.29) is 11.5 Å². The second-order valence-electron chi connectivity index (χ2n) is 6.88.